The van der Waals surface area contributed by atoms with E-state index in [0.717, 1.165) is 12.7 Å². The molecule has 2 atom stereocenters. The third-order valence-corrected chi connectivity index (χ3v) is 8.82. The number of halogens is 4. The highest BCUT2D eigenvalue weighted by atomic mass is 32.2. The van der Waals surface area contributed by atoms with E-state index in [1.165, 1.54) is 30.6 Å². The monoisotopic (exact) mass is 583 g/mol. The summed E-state index contributed by atoms with van der Waals surface area (Å²) in [5.41, 5.74) is 1.28. The van der Waals surface area contributed by atoms with Gasteiger partial charge < -0.3 is 15.4 Å². The van der Waals surface area contributed by atoms with Crippen LogP contribution < -0.4 is 15.4 Å². The summed E-state index contributed by atoms with van der Waals surface area (Å²) in [6, 6.07) is 9.40. The van der Waals surface area contributed by atoms with Gasteiger partial charge in [-0.05, 0) is 42.6 Å². The molecule has 0 bridgehead atoms. The van der Waals surface area contributed by atoms with E-state index >= 15 is 0 Å². The Labute approximate surface area is 229 Å². The van der Waals surface area contributed by atoms with Crippen LogP contribution in [0.25, 0.3) is 10.1 Å². The van der Waals surface area contributed by atoms with E-state index in [-0.39, 0.29) is 23.0 Å². The average Bonchev–Trinajstić information content (AvgIpc) is 3.20. The van der Waals surface area contributed by atoms with E-state index in [0.29, 0.717) is 45.1 Å². The summed E-state index contributed by atoms with van der Waals surface area (Å²) in [5, 5.41) is 6.84. The van der Waals surface area contributed by atoms with Gasteiger partial charge in [-0.1, -0.05) is 24.0 Å². The van der Waals surface area contributed by atoms with Crippen molar-refractivity contribution in [2.75, 3.05) is 44.1 Å². The molecule has 0 amide bonds. The Balaban J connectivity index is 1.60. The van der Waals surface area contributed by atoms with E-state index in [2.05, 4.69) is 22.5 Å². The van der Waals surface area contributed by atoms with Gasteiger partial charge in [0.05, 0.1) is 45.9 Å². The minimum Gasteiger partial charge on any atom is -0.495 e. The van der Waals surface area contributed by atoms with Crippen molar-refractivity contribution in [2.24, 2.45) is 0 Å². The maximum atomic E-state index is 14.2. The Kier molecular flexibility index (Phi) is 8.63. The van der Waals surface area contributed by atoms with Gasteiger partial charge in [-0.2, -0.15) is 13.2 Å². The van der Waals surface area contributed by atoms with Gasteiger partial charge in [0.2, 0.25) is 0 Å². The number of fused-ring (bicyclic) bond motifs is 1. The van der Waals surface area contributed by atoms with Gasteiger partial charge in [0, 0.05) is 31.3 Å². The number of anilines is 2. The van der Waals surface area contributed by atoms with Crippen LogP contribution in [0.5, 0.6) is 5.75 Å². The smallest absolute Gasteiger partial charge is 0.393 e. The van der Waals surface area contributed by atoms with Crippen LogP contribution in [0.15, 0.2) is 41.3 Å². The molecule has 4 rings (SSSR count). The molecule has 1 saturated heterocycles. The zero-order chi connectivity index (χ0) is 28.4. The maximum absolute atomic E-state index is 14.2. The third-order valence-electron chi connectivity index (χ3n) is 6.51. The molecule has 1 aromatic heterocycles. The number of sulfone groups is 1. The van der Waals surface area contributed by atoms with E-state index < -0.39 is 28.7 Å². The summed E-state index contributed by atoms with van der Waals surface area (Å²) in [6.45, 7) is 0.678. The largest absolute Gasteiger partial charge is 0.495 e. The molecule has 0 radical (unpaired) electrons. The first-order chi connectivity index (χ1) is 18.4. The van der Waals surface area contributed by atoms with Crippen molar-refractivity contribution in [2.45, 2.75) is 42.7 Å². The molecule has 12 heteroatoms. The summed E-state index contributed by atoms with van der Waals surface area (Å²) in [5.74, 6) is 6.07. The zero-order valence-electron chi connectivity index (χ0n) is 21.7. The number of thiophene rings is 1. The molecule has 2 unspecified atom stereocenters. The molecular formula is C27H29F4N3O3S2. The van der Waals surface area contributed by atoms with Crippen molar-refractivity contribution in [3.63, 3.8) is 0 Å². The Morgan fingerprint density at radius 3 is 2.64 bits per heavy atom. The molecule has 2 aromatic carbocycles. The van der Waals surface area contributed by atoms with Crippen molar-refractivity contribution in [1.29, 1.82) is 0 Å². The molecule has 6 nitrogen and oxygen atoms in total. The van der Waals surface area contributed by atoms with E-state index in [4.69, 9.17) is 4.74 Å². The molecular weight excluding hydrogens is 554 g/mol. The number of methoxy groups -OCH3 is 1. The van der Waals surface area contributed by atoms with Crippen molar-refractivity contribution in [3.05, 3.63) is 46.8 Å². The second-order valence-electron chi connectivity index (χ2n) is 9.45. The van der Waals surface area contributed by atoms with Crippen LogP contribution in [0.1, 0.15) is 23.3 Å². The highest BCUT2D eigenvalue weighted by molar-refractivity contribution is 7.90. The van der Waals surface area contributed by atoms with Gasteiger partial charge in [0.25, 0.3) is 0 Å². The molecule has 0 spiro atoms. The molecule has 3 aromatic rings. The van der Waals surface area contributed by atoms with E-state index in [9.17, 15) is 26.0 Å². The summed E-state index contributed by atoms with van der Waals surface area (Å²) in [4.78, 5) is 2.05. The van der Waals surface area contributed by atoms with Crippen LogP contribution >= 0.6 is 11.3 Å². The standard InChI is InChI=1S/C27H29F4N3O3S2/c1-34-13-11-17(14-25(34)28)33-22-7-4-6-19-20(16-27(29,30)31)24(38-26(19)22)8-5-12-32-21-10-9-18(39(3,35)36)15-23(21)37-2/h4,6-7,9-10,15,17,25,32-33H,11-14,16H2,1-3H3. The summed E-state index contributed by atoms with van der Waals surface area (Å²) < 4.78 is 84.3. The number of likely N-dealkylation sites (tertiary alicyclic amines) is 1. The first-order valence-corrected chi connectivity index (χ1v) is 14.9. The van der Waals surface area contributed by atoms with Gasteiger partial charge in [-0.25, -0.2) is 12.8 Å². The average molecular weight is 584 g/mol. The Bertz CT molecular complexity index is 1510. The minimum absolute atomic E-state index is 0.0902. The fourth-order valence-corrected chi connectivity index (χ4v) is 6.26. The predicted octanol–water partition coefficient (Wildman–Crippen LogP) is 5.68. The van der Waals surface area contributed by atoms with Gasteiger partial charge in [0.15, 0.2) is 16.1 Å². The van der Waals surface area contributed by atoms with Crippen LogP contribution in [-0.4, -0.2) is 65.3 Å². The quantitative estimate of drug-likeness (QED) is 0.212. The van der Waals surface area contributed by atoms with Crippen molar-refractivity contribution < 1.29 is 30.7 Å². The lowest BCUT2D eigenvalue weighted by Gasteiger charge is -2.33. The Morgan fingerprint density at radius 1 is 1.21 bits per heavy atom. The number of nitrogens with zero attached hydrogens (tertiary/aromatic N) is 1. The van der Waals surface area contributed by atoms with Crippen LogP contribution in [0, 0.1) is 11.8 Å². The first-order valence-electron chi connectivity index (χ1n) is 12.2. The lowest BCUT2D eigenvalue weighted by atomic mass is 10.0. The summed E-state index contributed by atoms with van der Waals surface area (Å²) in [7, 11) is -0.283. The predicted molar refractivity (Wildman–Crippen MR) is 147 cm³/mol. The van der Waals surface area contributed by atoms with E-state index in [1.54, 1.807) is 36.2 Å². The SMILES string of the molecule is COc1cc(S(C)(=O)=O)ccc1NCC#Cc1sc2c(NC3CCN(C)C(F)C3)cccc2c1CC(F)(F)F. The Morgan fingerprint density at radius 2 is 1.97 bits per heavy atom. The number of hydrogen-bond acceptors (Lipinski definition) is 7. The first kappa shape index (κ1) is 29.0. The number of hydrogen-bond donors (Lipinski definition) is 2. The van der Waals surface area contributed by atoms with Gasteiger partial charge >= 0.3 is 6.18 Å². The number of piperidine rings is 1. The maximum Gasteiger partial charge on any atom is 0.393 e. The fraction of sp³-hybridized carbons (Fsp3) is 0.407. The lowest BCUT2D eigenvalue weighted by Crippen LogP contribution is -2.41. The van der Waals surface area contributed by atoms with Crippen LogP contribution in [0.3, 0.4) is 0 Å². The normalized spacial score (nSPS) is 18.4. The summed E-state index contributed by atoms with van der Waals surface area (Å²) >= 11 is 1.18. The molecule has 0 aliphatic carbocycles. The molecule has 39 heavy (non-hydrogen) atoms. The number of nitrogens with one attached hydrogen (secondary N) is 2. The molecule has 210 valence electrons. The van der Waals surface area contributed by atoms with E-state index in [1.807, 2.05) is 0 Å². The highest BCUT2D eigenvalue weighted by Gasteiger charge is 2.31. The number of ether oxygens (including phenoxy) is 1. The van der Waals surface area contributed by atoms with Crippen molar-refractivity contribution >= 4 is 42.6 Å². The third kappa shape index (κ3) is 7.15. The van der Waals surface area contributed by atoms with Gasteiger partial charge in [-0.3, -0.25) is 4.90 Å². The lowest BCUT2D eigenvalue weighted by molar-refractivity contribution is -0.126. The molecule has 0 saturated carbocycles. The van der Waals surface area contributed by atoms with Gasteiger partial charge in [-0.15, -0.1) is 11.3 Å². The summed E-state index contributed by atoms with van der Waals surface area (Å²) in [6.07, 6.45) is -4.50. The highest BCUT2D eigenvalue weighted by Crippen LogP contribution is 2.39. The van der Waals surface area contributed by atoms with Gasteiger partial charge in [0.1, 0.15) is 5.75 Å². The zero-order valence-corrected chi connectivity index (χ0v) is 23.3. The number of benzene rings is 2. The second kappa shape index (κ2) is 11.6. The van der Waals surface area contributed by atoms with Crippen molar-refractivity contribution in [3.8, 4) is 17.6 Å². The topological polar surface area (TPSA) is 70.7 Å². The number of rotatable bonds is 7. The Hall–Kier alpha value is -3.01. The minimum atomic E-state index is -4.42. The van der Waals surface area contributed by atoms with Crippen LogP contribution in [0.2, 0.25) is 0 Å². The molecule has 1 aliphatic rings. The van der Waals surface area contributed by atoms with Crippen LogP contribution in [-0.2, 0) is 16.3 Å². The molecule has 1 aliphatic heterocycles. The molecule has 2 heterocycles. The molecule has 1 fully saturated rings. The van der Waals surface area contributed by atoms with Crippen molar-refractivity contribution in [1.82, 2.24) is 4.90 Å². The van der Waals surface area contributed by atoms with Crippen LogP contribution in [0.4, 0.5) is 28.9 Å². The fourth-order valence-electron chi connectivity index (χ4n) is 4.46. The second-order valence-corrected chi connectivity index (χ2v) is 12.5. The number of alkyl halides is 4. The molecule has 2 N–H and O–H groups in total.